The molecule has 6 nitrogen and oxygen atoms in total. The molecule has 0 unspecified atom stereocenters. The molecule has 8 heteroatoms. The van der Waals surface area contributed by atoms with Gasteiger partial charge in [-0.1, -0.05) is 29.3 Å². The topological polar surface area (TPSA) is 61.2 Å². The molecule has 0 saturated heterocycles. The zero-order chi connectivity index (χ0) is 19.1. The molecule has 0 aliphatic rings. The van der Waals surface area contributed by atoms with Gasteiger partial charge in [-0.15, -0.1) is 0 Å². The molecule has 1 N–H and O–H groups in total. The van der Waals surface area contributed by atoms with Crippen LogP contribution in [-0.4, -0.2) is 34.8 Å². The van der Waals surface area contributed by atoms with E-state index in [-0.39, 0.29) is 0 Å². The summed E-state index contributed by atoms with van der Waals surface area (Å²) in [5.41, 5.74) is 0.995. The van der Waals surface area contributed by atoms with Crippen molar-refractivity contribution in [3.63, 3.8) is 0 Å². The number of nitrogens with zero attached hydrogens (tertiary/aromatic N) is 3. The zero-order valence-corrected chi connectivity index (χ0v) is 16.4. The lowest BCUT2D eigenvalue weighted by Gasteiger charge is -2.11. The number of hydrogen-bond acceptors (Lipinski definition) is 5. The van der Waals surface area contributed by atoms with Crippen LogP contribution in [-0.2, 0) is 17.9 Å². The van der Waals surface area contributed by atoms with Crippen molar-refractivity contribution in [1.82, 2.24) is 14.5 Å². The number of benzene rings is 1. The number of aromatic nitrogens is 3. The van der Waals surface area contributed by atoms with E-state index >= 15 is 0 Å². The van der Waals surface area contributed by atoms with E-state index in [0.717, 1.165) is 17.2 Å². The minimum atomic E-state index is 0.301. The summed E-state index contributed by atoms with van der Waals surface area (Å²) in [4.78, 5) is 8.79. The summed E-state index contributed by atoms with van der Waals surface area (Å²) in [5.74, 6) is 2.05. The molecule has 142 valence electrons. The van der Waals surface area contributed by atoms with E-state index in [9.17, 15) is 0 Å². The maximum atomic E-state index is 6.08. The maximum absolute atomic E-state index is 6.08. The Hall–Kier alpha value is -2.28. The van der Waals surface area contributed by atoms with Crippen LogP contribution in [0.5, 0.6) is 5.88 Å². The highest BCUT2D eigenvalue weighted by atomic mass is 35.5. The van der Waals surface area contributed by atoms with Gasteiger partial charge in [-0.05, 0) is 29.8 Å². The molecule has 0 amide bonds. The van der Waals surface area contributed by atoms with Gasteiger partial charge in [0, 0.05) is 48.7 Å². The van der Waals surface area contributed by atoms with Crippen molar-refractivity contribution in [2.75, 3.05) is 25.6 Å². The van der Waals surface area contributed by atoms with Crippen molar-refractivity contribution in [2.24, 2.45) is 0 Å². The Morgan fingerprint density at radius 2 is 1.96 bits per heavy atom. The highest BCUT2D eigenvalue weighted by Gasteiger charge is 2.07. The summed E-state index contributed by atoms with van der Waals surface area (Å²) >= 11 is 12.2. The number of nitrogens with one attached hydrogen (secondary N) is 1. The number of imidazole rings is 1. The first kappa shape index (κ1) is 19.5. The highest BCUT2D eigenvalue weighted by molar-refractivity contribution is 6.34. The lowest BCUT2D eigenvalue weighted by atomic mass is 10.2. The smallest absolute Gasteiger partial charge is 0.215 e. The molecule has 0 aliphatic carbocycles. The van der Waals surface area contributed by atoms with Crippen molar-refractivity contribution >= 4 is 29.0 Å². The van der Waals surface area contributed by atoms with Gasteiger partial charge in [0.25, 0.3) is 0 Å². The van der Waals surface area contributed by atoms with Crippen molar-refractivity contribution in [2.45, 2.75) is 13.2 Å². The predicted octanol–water partition coefficient (Wildman–Crippen LogP) is 4.27. The summed E-state index contributed by atoms with van der Waals surface area (Å²) in [6.07, 6.45) is 3.63. The molecule has 0 spiro atoms. The Bertz CT molecular complexity index is 865. The molecule has 0 saturated carbocycles. The summed E-state index contributed by atoms with van der Waals surface area (Å²) in [7, 11) is 1.66. The van der Waals surface area contributed by atoms with Crippen molar-refractivity contribution in [3.8, 4) is 5.88 Å². The zero-order valence-electron chi connectivity index (χ0n) is 14.9. The van der Waals surface area contributed by atoms with Gasteiger partial charge in [-0.25, -0.2) is 4.98 Å². The number of rotatable bonds is 9. The third kappa shape index (κ3) is 5.85. The third-order valence-electron chi connectivity index (χ3n) is 3.76. The average molecular weight is 407 g/mol. The average Bonchev–Trinajstić information content (AvgIpc) is 3.07. The SMILES string of the molecule is COCCNc1cccc(OCc2nccn2Cc2cc(Cl)cc(Cl)c2)n1. The van der Waals surface area contributed by atoms with Crippen LogP contribution >= 0.6 is 23.2 Å². The number of pyridine rings is 1. The van der Waals surface area contributed by atoms with Gasteiger partial charge in [0.2, 0.25) is 5.88 Å². The standard InChI is InChI=1S/C19H20Cl2N4O2/c1-26-8-6-22-17-3-2-4-19(24-17)27-13-18-23-5-7-25(18)12-14-9-15(20)11-16(21)10-14/h2-5,7,9-11H,6,8,12-13H2,1H3,(H,22,24). The Kier molecular flexibility index (Phi) is 6.92. The van der Waals surface area contributed by atoms with E-state index in [0.29, 0.717) is 42.2 Å². The van der Waals surface area contributed by atoms with Crippen LogP contribution in [0.4, 0.5) is 5.82 Å². The second-order valence-electron chi connectivity index (χ2n) is 5.82. The van der Waals surface area contributed by atoms with Crippen LogP contribution in [0.2, 0.25) is 10.0 Å². The first-order valence-electron chi connectivity index (χ1n) is 8.41. The number of hydrogen-bond donors (Lipinski definition) is 1. The highest BCUT2D eigenvalue weighted by Crippen LogP contribution is 2.20. The molecule has 3 aromatic rings. The molecule has 0 fully saturated rings. The Labute approximate surface area is 168 Å². The van der Waals surface area contributed by atoms with Crippen LogP contribution in [0.1, 0.15) is 11.4 Å². The lowest BCUT2D eigenvalue weighted by molar-refractivity contribution is 0.210. The maximum Gasteiger partial charge on any atom is 0.215 e. The van der Waals surface area contributed by atoms with Gasteiger partial charge in [0.15, 0.2) is 0 Å². The summed E-state index contributed by atoms with van der Waals surface area (Å²) in [6, 6.07) is 11.1. The molecule has 0 aliphatic heterocycles. The fourth-order valence-corrected chi connectivity index (χ4v) is 3.11. The molecule has 2 aromatic heterocycles. The van der Waals surface area contributed by atoms with E-state index in [4.69, 9.17) is 32.7 Å². The van der Waals surface area contributed by atoms with E-state index in [1.165, 1.54) is 0 Å². The van der Waals surface area contributed by atoms with Crippen LogP contribution < -0.4 is 10.1 Å². The summed E-state index contributed by atoms with van der Waals surface area (Å²) < 4.78 is 12.8. The molecule has 3 rings (SSSR count). The van der Waals surface area contributed by atoms with E-state index < -0.39 is 0 Å². The van der Waals surface area contributed by atoms with Gasteiger partial charge in [-0.3, -0.25) is 0 Å². The minimum Gasteiger partial charge on any atom is -0.469 e. The first-order valence-corrected chi connectivity index (χ1v) is 9.17. The largest absolute Gasteiger partial charge is 0.469 e. The normalized spacial score (nSPS) is 10.8. The Balaban J connectivity index is 1.62. The molecular formula is C19H20Cl2N4O2. The first-order chi connectivity index (χ1) is 13.1. The van der Waals surface area contributed by atoms with Crippen LogP contribution in [0.25, 0.3) is 0 Å². The molecule has 1 aromatic carbocycles. The third-order valence-corrected chi connectivity index (χ3v) is 4.20. The fourth-order valence-electron chi connectivity index (χ4n) is 2.54. The van der Waals surface area contributed by atoms with Gasteiger partial charge < -0.3 is 19.4 Å². The molecule has 0 atom stereocenters. The van der Waals surface area contributed by atoms with Crippen molar-refractivity contribution in [3.05, 3.63) is 70.2 Å². The van der Waals surface area contributed by atoms with E-state index in [1.807, 2.05) is 41.1 Å². The monoisotopic (exact) mass is 406 g/mol. The minimum absolute atomic E-state index is 0.301. The second kappa shape index (κ2) is 9.60. The second-order valence-corrected chi connectivity index (χ2v) is 6.69. The van der Waals surface area contributed by atoms with E-state index in [1.54, 1.807) is 19.4 Å². The van der Waals surface area contributed by atoms with Gasteiger partial charge in [0.1, 0.15) is 18.2 Å². The Morgan fingerprint density at radius 3 is 2.74 bits per heavy atom. The Morgan fingerprint density at radius 1 is 1.15 bits per heavy atom. The van der Waals surface area contributed by atoms with Crippen molar-refractivity contribution in [1.29, 1.82) is 0 Å². The summed E-state index contributed by atoms with van der Waals surface area (Å²) in [6.45, 7) is 2.19. The fraction of sp³-hybridized carbons (Fsp3) is 0.263. The number of halogens is 2. The predicted molar refractivity (Wildman–Crippen MR) is 107 cm³/mol. The number of anilines is 1. The molecule has 27 heavy (non-hydrogen) atoms. The van der Waals surface area contributed by atoms with Gasteiger partial charge >= 0.3 is 0 Å². The molecule has 0 bridgehead atoms. The number of ether oxygens (including phenoxy) is 2. The van der Waals surface area contributed by atoms with Gasteiger partial charge in [0.05, 0.1) is 6.61 Å². The van der Waals surface area contributed by atoms with Crippen molar-refractivity contribution < 1.29 is 9.47 Å². The van der Waals surface area contributed by atoms with Gasteiger partial charge in [-0.2, -0.15) is 4.98 Å². The number of methoxy groups -OCH3 is 1. The lowest BCUT2D eigenvalue weighted by Crippen LogP contribution is -2.10. The van der Waals surface area contributed by atoms with E-state index in [2.05, 4.69) is 15.3 Å². The van der Waals surface area contributed by atoms with Crippen LogP contribution in [0.3, 0.4) is 0 Å². The quantitative estimate of drug-likeness (QED) is 0.537. The molecule has 0 radical (unpaired) electrons. The van der Waals surface area contributed by atoms with Crippen LogP contribution in [0, 0.1) is 0 Å². The molecule has 2 heterocycles. The molecular weight excluding hydrogens is 387 g/mol. The summed E-state index contributed by atoms with van der Waals surface area (Å²) in [5, 5.41) is 4.39. The van der Waals surface area contributed by atoms with Crippen LogP contribution in [0.15, 0.2) is 48.8 Å².